The summed E-state index contributed by atoms with van der Waals surface area (Å²) in [4.78, 5) is 14.0. The number of hydrogen-bond donors (Lipinski definition) is 2. The summed E-state index contributed by atoms with van der Waals surface area (Å²) in [6, 6.07) is 3.62. The molecule has 0 aromatic heterocycles. The molecule has 2 rings (SSSR count). The van der Waals surface area contributed by atoms with Crippen LogP contribution in [0.25, 0.3) is 0 Å². The molecular weight excluding hydrogens is 311 g/mol. The van der Waals surface area contributed by atoms with Crippen molar-refractivity contribution in [2.24, 2.45) is 5.92 Å². The van der Waals surface area contributed by atoms with Gasteiger partial charge in [0.2, 0.25) is 0 Å². The van der Waals surface area contributed by atoms with Crippen molar-refractivity contribution in [3.05, 3.63) is 29.6 Å². The van der Waals surface area contributed by atoms with E-state index >= 15 is 0 Å². The lowest BCUT2D eigenvalue weighted by Gasteiger charge is -2.31. The topological polar surface area (TPSA) is 61.8 Å². The molecule has 6 heteroatoms. The molecule has 0 spiro atoms. The van der Waals surface area contributed by atoms with Gasteiger partial charge in [-0.25, -0.2) is 9.18 Å². The summed E-state index contributed by atoms with van der Waals surface area (Å²) in [5.74, 6) is 0.286. The van der Waals surface area contributed by atoms with Gasteiger partial charge >= 0.3 is 6.03 Å². The van der Waals surface area contributed by atoms with Crippen LogP contribution in [0.5, 0.6) is 5.75 Å². The molecule has 1 aromatic carbocycles. The molecule has 3 atom stereocenters. The van der Waals surface area contributed by atoms with E-state index in [2.05, 4.69) is 5.32 Å². The highest BCUT2D eigenvalue weighted by molar-refractivity contribution is 5.74. The van der Waals surface area contributed by atoms with Crippen molar-refractivity contribution in [3.8, 4) is 5.75 Å². The summed E-state index contributed by atoms with van der Waals surface area (Å²) in [7, 11) is 3.23. The number of carbonyl (C=O) groups is 1. The predicted molar refractivity (Wildman–Crippen MR) is 90.5 cm³/mol. The fourth-order valence-corrected chi connectivity index (χ4v) is 3.25. The molecule has 134 valence electrons. The third-order valence-corrected chi connectivity index (χ3v) is 4.72. The van der Waals surface area contributed by atoms with E-state index in [4.69, 9.17) is 4.74 Å². The van der Waals surface area contributed by atoms with Gasteiger partial charge in [0, 0.05) is 25.1 Å². The van der Waals surface area contributed by atoms with Crippen molar-refractivity contribution in [2.45, 2.75) is 44.8 Å². The maximum absolute atomic E-state index is 13.5. The van der Waals surface area contributed by atoms with Gasteiger partial charge in [-0.2, -0.15) is 0 Å². The van der Waals surface area contributed by atoms with Crippen LogP contribution in [0.3, 0.4) is 0 Å². The Hall–Kier alpha value is -1.82. The first kappa shape index (κ1) is 18.5. The number of urea groups is 1. The van der Waals surface area contributed by atoms with Gasteiger partial charge in [-0.1, -0.05) is 12.8 Å². The Morgan fingerprint density at radius 2 is 2.17 bits per heavy atom. The van der Waals surface area contributed by atoms with Gasteiger partial charge < -0.3 is 20.1 Å². The Balaban J connectivity index is 1.96. The average Bonchev–Trinajstić information content (AvgIpc) is 2.56. The Bertz CT molecular complexity index is 567. The molecule has 0 bridgehead atoms. The lowest BCUT2D eigenvalue weighted by atomic mass is 9.86. The van der Waals surface area contributed by atoms with E-state index in [9.17, 15) is 14.3 Å². The van der Waals surface area contributed by atoms with Gasteiger partial charge in [0.05, 0.1) is 19.3 Å². The molecular formula is C18H27FN2O3. The van der Waals surface area contributed by atoms with Crippen molar-refractivity contribution in [1.29, 1.82) is 0 Å². The summed E-state index contributed by atoms with van der Waals surface area (Å²) in [6.45, 7) is 2.30. The second-order valence-electron chi connectivity index (χ2n) is 6.55. The molecule has 1 aliphatic carbocycles. The Kier molecular flexibility index (Phi) is 6.43. The maximum Gasteiger partial charge on any atom is 0.317 e. The molecule has 2 N–H and O–H groups in total. The number of ether oxygens (including phenoxy) is 1. The summed E-state index contributed by atoms with van der Waals surface area (Å²) >= 11 is 0. The number of nitrogens with zero attached hydrogens (tertiary/aromatic N) is 1. The molecule has 1 fully saturated rings. The monoisotopic (exact) mass is 338 g/mol. The van der Waals surface area contributed by atoms with Crippen molar-refractivity contribution < 1.29 is 19.0 Å². The van der Waals surface area contributed by atoms with E-state index in [1.54, 1.807) is 24.9 Å². The highest BCUT2D eigenvalue weighted by atomic mass is 19.1. The molecule has 1 aliphatic rings. The molecule has 1 aromatic rings. The first-order chi connectivity index (χ1) is 11.4. The van der Waals surface area contributed by atoms with Crippen LogP contribution >= 0.6 is 0 Å². The number of benzene rings is 1. The first-order valence-corrected chi connectivity index (χ1v) is 8.45. The lowest BCUT2D eigenvalue weighted by Crippen LogP contribution is -2.43. The molecule has 5 nitrogen and oxygen atoms in total. The van der Waals surface area contributed by atoms with E-state index in [-0.39, 0.29) is 29.9 Å². The van der Waals surface area contributed by atoms with E-state index in [0.717, 1.165) is 25.7 Å². The number of hydrogen-bond acceptors (Lipinski definition) is 3. The first-order valence-electron chi connectivity index (χ1n) is 8.45. The number of methoxy groups -OCH3 is 1. The zero-order chi connectivity index (χ0) is 17.7. The molecule has 0 saturated heterocycles. The van der Waals surface area contributed by atoms with Crippen LogP contribution in [-0.2, 0) is 0 Å². The molecule has 0 radical (unpaired) electrons. The zero-order valence-electron chi connectivity index (χ0n) is 14.6. The van der Waals surface area contributed by atoms with Gasteiger partial charge in [-0.15, -0.1) is 0 Å². The van der Waals surface area contributed by atoms with Crippen molar-refractivity contribution in [2.75, 3.05) is 20.7 Å². The highest BCUT2D eigenvalue weighted by Crippen LogP contribution is 2.27. The number of aliphatic hydroxyl groups excluding tert-OH is 1. The second kappa shape index (κ2) is 8.33. The van der Waals surface area contributed by atoms with Crippen LogP contribution in [0.15, 0.2) is 18.2 Å². The number of nitrogens with one attached hydrogen (secondary N) is 1. The molecule has 0 unspecified atom stereocenters. The van der Waals surface area contributed by atoms with Gasteiger partial charge in [0.25, 0.3) is 0 Å². The lowest BCUT2D eigenvalue weighted by molar-refractivity contribution is 0.0563. The fourth-order valence-electron chi connectivity index (χ4n) is 3.25. The minimum absolute atomic E-state index is 0.119. The van der Waals surface area contributed by atoms with Gasteiger partial charge in [-0.3, -0.25) is 0 Å². The number of aliphatic hydroxyl groups is 1. The van der Waals surface area contributed by atoms with Crippen molar-refractivity contribution in [3.63, 3.8) is 0 Å². The Labute approximate surface area is 142 Å². The van der Waals surface area contributed by atoms with E-state index in [1.165, 1.54) is 19.2 Å². The number of carbonyl (C=O) groups excluding carboxylic acids is 1. The van der Waals surface area contributed by atoms with Crippen LogP contribution < -0.4 is 10.1 Å². The average molecular weight is 338 g/mol. The number of amides is 2. The normalized spacial score (nSPS) is 21.9. The zero-order valence-corrected chi connectivity index (χ0v) is 14.6. The van der Waals surface area contributed by atoms with Crippen LogP contribution in [0.1, 0.15) is 44.2 Å². The number of rotatable bonds is 5. The van der Waals surface area contributed by atoms with E-state index in [0.29, 0.717) is 17.9 Å². The van der Waals surface area contributed by atoms with E-state index < -0.39 is 0 Å². The highest BCUT2D eigenvalue weighted by Gasteiger charge is 2.26. The minimum atomic E-state index is -0.387. The van der Waals surface area contributed by atoms with Crippen LogP contribution in [0.4, 0.5) is 9.18 Å². The largest absolute Gasteiger partial charge is 0.496 e. The third kappa shape index (κ3) is 4.60. The van der Waals surface area contributed by atoms with Crippen LogP contribution in [0.2, 0.25) is 0 Å². The van der Waals surface area contributed by atoms with Gasteiger partial charge in [0.1, 0.15) is 11.6 Å². The Morgan fingerprint density at radius 1 is 1.46 bits per heavy atom. The van der Waals surface area contributed by atoms with E-state index in [1.807, 2.05) is 0 Å². The van der Waals surface area contributed by atoms with Crippen LogP contribution in [-0.4, -0.2) is 42.8 Å². The standard InChI is InChI=1S/C18H27FN2O3/c1-12(15-10-14(19)8-9-17(15)24-3)20-18(23)21(2)11-13-6-4-5-7-16(13)22/h8-10,12-13,16,22H,4-7,11H2,1-3H3,(H,20,23)/t12-,13+,16+/m0/s1. The summed E-state index contributed by atoms with van der Waals surface area (Å²) in [5.41, 5.74) is 0.594. The molecule has 0 heterocycles. The SMILES string of the molecule is COc1ccc(F)cc1[C@H](C)NC(=O)N(C)C[C@H]1CCCC[C@H]1O. The van der Waals surface area contributed by atoms with Gasteiger partial charge in [-0.05, 0) is 38.0 Å². The number of halogens is 1. The van der Waals surface area contributed by atoms with Crippen molar-refractivity contribution >= 4 is 6.03 Å². The quantitative estimate of drug-likeness (QED) is 0.867. The molecule has 1 saturated carbocycles. The summed E-state index contributed by atoms with van der Waals surface area (Å²) < 4.78 is 18.7. The molecule has 24 heavy (non-hydrogen) atoms. The molecule has 0 aliphatic heterocycles. The van der Waals surface area contributed by atoms with Crippen LogP contribution in [0, 0.1) is 11.7 Å². The second-order valence-corrected chi connectivity index (χ2v) is 6.55. The van der Waals surface area contributed by atoms with Crippen molar-refractivity contribution in [1.82, 2.24) is 10.2 Å². The van der Waals surface area contributed by atoms with Gasteiger partial charge in [0.15, 0.2) is 0 Å². The molecule has 2 amide bonds. The smallest absolute Gasteiger partial charge is 0.317 e. The Morgan fingerprint density at radius 3 is 2.83 bits per heavy atom. The maximum atomic E-state index is 13.5. The third-order valence-electron chi connectivity index (χ3n) is 4.72. The summed E-state index contributed by atoms with van der Waals surface area (Å²) in [6.07, 6.45) is 3.54. The fraction of sp³-hybridized carbons (Fsp3) is 0.611. The minimum Gasteiger partial charge on any atom is -0.496 e. The predicted octanol–water partition coefficient (Wildman–Crippen LogP) is 3.09. The summed E-state index contributed by atoms with van der Waals surface area (Å²) in [5, 5.41) is 12.9.